The van der Waals surface area contributed by atoms with Gasteiger partial charge in [0.25, 0.3) is 11.8 Å². The number of imide groups is 1. The number of thiophene rings is 1. The Bertz CT molecular complexity index is 673. The van der Waals surface area contributed by atoms with Gasteiger partial charge in [-0.25, -0.2) is 0 Å². The molecular formula is C13H7BrN2O2S. The van der Waals surface area contributed by atoms with Crippen molar-refractivity contribution in [3.8, 4) is 0 Å². The van der Waals surface area contributed by atoms with E-state index in [1.54, 1.807) is 24.3 Å². The highest BCUT2D eigenvalue weighted by Gasteiger charge is 2.35. The third-order valence-corrected chi connectivity index (χ3v) is 4.23. The summed E-state index contributed by atoms with van der Waals surface area (Å²) in [6, 6.07) is 10.5. The predicted molar refractivity (Wildman–Crippen MR) is 76.6 cm³/mol. The molecule has 2 aromatic rings. The first-order valence-electron chi connectivity index (χ1n) is 5.44. The summed E-state index contributed by atoms with van der Waals surface area (Å²) in [5.74, 6) is -0.764. The van der Waals surface area contributed by atoms with Crippen LogP contribution in [0.2, 0.25) is 0 Å². The van der Waals surface area contributed by atoms with E-state index in [2.05, 4.69) is 21.0 Å². The van der Waals surface area contributed by atoms with E-state index in [-0.39, 0.29) is 11.8 Å². The molecule has 1 aliphatic rings. The summed E-state index contributed by atoms with van der Waals surface area (Å²) in [4.78, 5) is 24.9. The minimum atomic E-state index is -0.382. The van der Waals surface area contributed by atoms with Crippen LogP contribution in [0.5, 0.6) is 0 Å². The fourth-order valence-electron chi connectivity index (χ4n) is 1.79. The summed E-state index contributed by atoms with van der Waals surface area (Å²) in [6.07, 6.45) is 1.51. The zero-order valence-corrected chi connectivity index (χ0v) is 11.9. The molecular weight excluding hydrogens is 328 g/mol. The zero-order valence-electron chi connectivity index (χ0n) is 9.54. The number of carbonyl (C=O) groups excluding carboxylic acids is 2. The quantitative estimate of drug-likeness (QED) is 0.625. The average Bonchev–Trinajstić information content (AvgIpc) is 2.93. The number of fused-ring (bicyclic) bond motifs is 1. The van der Waals surface area contributed by atoms with Gasteiger partial charge in [0.15, 0.2) is 0 Å². The van der Waals surface area contributed by atoms with E-state index in [9.17, 15) is 9.59 Å². The first kappa shape index (κ1) is 12.3. The van der Waals surface area contributed by atoms with Crippen LogP contribution >= 0.6 is 27.3 Å². The number of amides is 2. The number of hydrogen-bond donors (Lipinski definition) is 0. The van der Waals surface area contributed by atoms with E-state index in [1.807, 2.05) is 12.1 Å². The van der Waals surface area contributed by atoms with E-state index in [0.29, 0.717) is 11.1 Å². The first-order chi connectivity index (χ1) is 9.16. The number of hydrazone groups is 1. The van der Waals surface area contributed by atoms with Crippen molar-refractivity contribution in [1.29, 1.82) is 0 Å². The summed E-state index contributed by atoms with van der Waals surface area (Å²) >= 11 is 4.82. The largest absolute Gasteiger partial charge is 0.282 e. The Balaban J connectivity index is 1.90. The van der Waals surface area contributed by atoms with Gasteiger partial charge < -0.3 is 0 Å². The second-order valence-corrected chi connectivity index (χ2v) is 6.35. The maximum atomic E-state index is 12.0. The summed E-state index contributed by atoms with van der Waals surface area (Å²) < 4.78 is 0.969. The molecule has 0 atom stereocenters. The molecule has 0 saturated carbocycles. The van der Waals surface area contributed by atoms with E-state index in [4.69, 9.17) is 0 Å². The molecule has 0 saturated heterocycles. The highest BCUT2D eigenvalue weighted by atomic mass is 79.9. The van der Waals surface area contributed by atoms with Gasteiger partial charge in [-0.15, -0.1) is 11.3 Å². The SMILES string of the molecule is O=C1c2ccccc2C(=O)N1N=Cc1ccc(Br)s1. The molecule has 0 unspecified atom stereocenters. The average molecular weight is 335 g/mol. The molecule has 3 rings (SSSR count). The van der Waals surface area contributed by atoms with Gasteiger partial charge in [-0.3, -0.25) is 9.59 Å². The van der Waals surface area contributed by atoms with Crippen LogP contribution < -0.4 is 0 Å². The van der Waals surface area contributed by atoms with Gasteiger partial charge in [-0.1, -0.05) is 12.1 Å². The third kappa shape index (κ3) is 2.13. The van der Waals surface area contributed by atoms with Crippen LogP contribution in [0.4, 0.5) is 0 Å². The van der Waals surface area contributed by atoms with Crippen molar-refractivity contribution in [2.45, 2.75) is 0 Å². The molecule has 94 valence electrons. The number of carbonyl (C=O) groups is 2. The molecule has 0 N–H and O–H groups in total. The first-order valence-corrected chi connectivity index (χ1v) is 7.05. The highest BCUT2D eigenvalue weighted by molar-refractivity contribution is 9.11. The minimum Gasteiger partial charge on any atom is -0.267 e. The van der Waals surface area contributed by atoms with Crippen LogP contribution in [-0.2, 0) is 0 Å². The Kier molecular flexibility index (Phi) is 3.04. The Morgan fingerprint density at radius 3 is 2.21 bits per heavy atom. The summed E-state index contributed by atoms with van der Waals surface area (Å²) in [5.41, 5.74) is 0.800. The lowest BCUT2D eigenvalue weighted by molar-refractivity contribution is 0.0660. The number of halogens is 1. The van der Waals surface area contributed by atoms with Gasteiger partial charge >= 0.3 is 0 Å². The van der Waals surface area contributed by atoms with Crippen molar-refractivity contribution in [1.82, 2.24) is 5.01 Å². The summed E-state index contributed by atoms with van der Waals surface area (Å²) in [7, 11) is 0. The molecule has 0 radical (unpaired) electrons. The fourth-order valence-corrected chi connectivity index (χ4v) is 3.08. The van der Waals surface area contributed by atoms with Crippen LogP contribution in [0.25, 0.3) is 0 Å². The Hall–Kier alpha value is -1.79. The van der Waals surface area contributed by atoms with E-state index >= 15 is 0 Å². The van der Waals surface area contributed by atoms with E-state index in [0.717, 1.165) is 13.7 Å². The number of rotatable bonds is 2. The molecule has 1 aromatic carbocycles. The summed E-state index contributed by atoms with van der Waals surface area (Å²) in [5, 5.41) is 4.88. The van der Waals surface area contributed by atoms with Gasteiger partial charge in [0.05, 0.1) is 21.1 Å². The molecule has 0 spiro atoms. The molecule has 0 aliphatic carbocycles. The molecule has 0 bridgehead atoms. The third-order valence-electron chi connectivity index (χ3n) is 2.67. The molecule has 4 nitrogen and oxygen atoms in total. The molecule has 2 amide bonds. The Morgan fingerprint density at radius 2 is 1.68 bits per heavy atom. The normalized spacial score (nSPS) is 14.5. The Labute approximate surface area is 121 Å². The summed E-state index contributed by atoms with van der Waals surface area (Å²) in [6.45, 7) is 0. The van der Waals surface area contributed by atoms with E-state index < -0.39 is 0 Å². The predicted octanol–water partition coefficient (Wildman–Crippen LogP) is 3.14. The van der Waals surface area contributed by atoms with Crippen LogP contribution in [0.3, 0.4) is 0 Å². The molecule has 1 aliphatic heterocycles. The zero-order chi connectivity index (χ0) is 13.4. The molecule has 0 fully saturated rings. The number of nitrogens with zero attached hydrogens (tertiary/aromatic N) is 2. The van der Waals surface area contributed by atoms with Crippen LogP contribution in [0.1, 0.15) is 25.6 Å². The maximum Gasteiger partial charge on any atom is 0.282 e. The number of benzene rings is 1. The smallest absolute Gasteiger partial charge is 0.267 e. The van der Waals surface area contributed by atoms with Crippen molar-refractivity contribution in [2.75, 3.05) is 0 Å². The monoisotopic (exact) mass is 334 g/mol. The lowest BCUT2D eigenvalue weighted by atomic mass is 10.1. The van der Waals surface area contributed by atoms with Gasteiger partial charge in [0.1, 0.15) is 0 Å². The van der Waals surface area contributed by atoms with E-state index in [1.165, 1.54) is 17.6 Å². The van der Waals surface area contributed by atoms with Gasteiger partial charge in [0, 0.05) is 4.88 Å². The van der Waals surface area contributed by atoms with Crippen molar-refractivity contribution in [3.05, 3.63) is 56.2 Å². The molecule has 2 heterocycles. The van der Waals surface area contributed by atoms with Crippen LogP contribution in [0, 0.1) is 0 Å². The lowest BCUT2D eigenvalue weighted by Gasteiger charge is -2.04. The van der Waals surface area contributed by atoms with Crippen LogP contribution in [0.15, 0.2) is 45.3 Å². The van der Waals surface area contributed by atoms with Gasteiger partial charge in [-0.2, -0.15) is 10.1 Å². The Morgan fingerprint density at radius 1 is 1.05 bits per heavy atom. The maximum absolute atomic E-state index is 12.0. The van der Waals surface area contributed by atoms with Crippen molar-refractivity contribution in [3.63, 3.8) is 0 Å². The lowest BCUT2D eigenvalue weighted by Crippen LogP contribution is -2.23. The topological polar surface area (TPSA) is 49.7 Å². The van der Waals surface area contributed by atoms with Crippen molar-refractivity contribution >= 4 is 45.3 Å². The fraction of sp³-hybridized carbons (Fsp3) is 0. The van der Waals surface area contributed by atoms with Gasteiger partial charge in [0.2, 0.25) is 0 Å². The second-order valence-electron chi connectivity index (χ2n) is 3.85. The van der Waals surface area contributed by atoms with Crippen molar-refractivity contribution in [2.24, 2.45) is 5.10 Å². The minimum absolute atomic E-state index is 0.382. The second kappa shape index (κ2) is 4.71. The van der Waals surface area contributed by atoms with Crippen molar-refractivity contribution < 1.29 is 9.59 Å². The standard InChI is InChI=1S/C13H7BrN2O2S/c14-11-6-5-8(19-11)7-15-16-12(17)9-3-1-2-4-10(9)13(16)18/h1-7H. The van der Waals surface area contributed by atoms with Crippen LogP contribution in [-0.4, -0.2) is 23.0 Å². The number of hydrogen-bond acceptors (Lipinski definition) is 4. The van der Waals surface area contributed by atoms with Gasteiger partial charge in [-0.05, 0) is 40.2 Å². The highest BCUT2D eigenvalue weighted by Crippen LogP contribution is 2.24. The molecule has 6 heteroatoms. The molecule has 1 aromatic heterocycles. The molecule has 19 heavy (non-hydrogen) atoms.